The highest BCUT2D eigenvalue weighted by Gasteiger charge is 2.20. The molecule has 0 aliphatic rings. The van der Waals surface area contributed by atoms with Crippen LogP contribution in [-0.2, 0) is 0 Å². The maximum absolute atomic E-state index is 14.4. The zero-order valence-corrected chi connectivity index (χ0v) is 17.5. The van der Waals surface area contributed by atoms with Gasteiger partial charge in [-0.1, -0.05) is 17.7 Å². The molecule has 0 saturated heterocycles. The summed E-state index contributed by atoms with van der Waals surface area (Å²) in [5.41, 5.74) is -1.06. The van der Waals surface area contributed by atoms with Crippen molar-refractivity contribution in [2.45, 2.75) is 0 Å². The monoisotopic (exact) mass is 488 g/mol. The van der Waals surface area contributed by atoms with Crippen LogP contribution < -0.4 is 20.7 Å². The normalized spacial score (nSPS) is 10.1. The Hall–Kier alpha value is -4.56. The molecule has 0 heterocycles. The average Bonchev–Trinajstić information content (AvgIpc) is 2.76. The summed E-state index contributed by atoms with van der Waals surface area (Å²) in [5, 5.41) is 14.2. The van der Waals surface area contributed by atoms with Gasteiger partial charge in [0.1, 0.15) is 34.5 Å². The quantitative estimate of drug-likeness (QED) is 0.472. The average molecular weight is 489 g/mol. The molecule has 0 fully saturated rings. The zero-order valence-electron chi connectivity index (χ0n) is 16.8. The first-order valence-corrected chi connectivity index (χ1v) is 9.60. The van der Waals surface area contributed by atoms with E-state index in [4.69, 9.17) is 21.6 Å². The van der Waals surface area contributed by atoms with E-state index in [1.807, 2.05) is 11.4 Å². The number of ether oxygens (including phenoxy) is 1. The van der Waals surface area contributed by atoms with Gasteiger partial charge >= 0.3 is 12.1 Å². The fraction of sp³-hybridized carbons (Fsp3) is 0. The van der Waals surface area contributed by atoms with Gasteiger partial charge in [-0.05, 0) is 42.5 Å². The molecule has 3 rings (SSSR count). The summed E-state index contributed by atoms with van der Waals surface area (Å²) in [6, 6.07) is 9.50. The summed E-state index contributed by atoms with van der Waals surface area (Å²) >= 11 is 6.00. The molecule has 12 heteroatoms. The topological polar surface area (TPSA) is 120 Å². The molecule has 0 unspecified atom stereocenters. The summed E-state index contributed by atoms with van der Waals surface area (Å²) in [6.07, 6.45) is 0. The Balaban J connectivity index is 1.60. The van der Waals surface area contributed by atoms with Crippen molar-refractivity contribution in [3.63, 3.8) is 0 Å². The molecule has 0 spiro atoms. The van der Waals surface area contributed by atoms with Crippen LogP contribution in [0.4, 0.5) is 28.4 Å². The predicted octanol–water partition coefficient (Wildman–Crippen LogP) is 5.09. The first kappa shape index (κ1) is 24.1. The Labute approximate surface area is 194 Å². The van der Waals surface area contributed by atoms with Crippen LogP contribution >= 0.6 is 11.6 Å². The number of nitriles is 1. The summed E-state index contributed by atoms with van der Waals surface area (Å²) in [7, 11) is 0. The molecular weight excluding hydrogens is 477 g/mol. The van der Waals surface area contributed by atoms with Crippen LogP contribution in [0.2, 0.25) is 5.02 Å². The van der Waals surface area contributed by atoms with Crippen molar-refractivity contribution in [1.82, 2.24) is 10.6 Å². The van der Waals surface area contributed by atoms with Gasteiger partial charge in [0, 0.05) is 6.07 Å². The minimum Gasteiger partial charge on any atom is -0.456 e. The van der Waals surface area contributed by atoms with Crippen LogP contribution in [0.1, 0.15) is 15.9 Å². The number of nitrogens with zero attached hydrogens (tertiary/aromatic N) is 1. The first-order chi connectivity index (χ1) is 16.2. The van der Waals surface area contributed by atoms with Gasteiger partial charge in [0.05, 0.1) is 22.3 Å². The third-order valence-electron chi connectivity index (χ3n) is 4.12. The predicted molar refractivity (Wildman–Crippen MR) is 114 cm³/mol. The van der Waals surface area contributed by atoms with E-state index in [0.717, 1.165) is 30.3 Å². The molecular formula is C22H12ClF3N4O4. The highest BCUT2D eigenvalue weighted by atomic mass is 35.5. The van der Waals surface area contributed by atoms with E-state index in [9.17, 15) is 27.6 Å². The highest BCUT2D eigenvalue weighted by molar-refractivity contribution is 6.32. The van der Waals surface area contributed by atoms with Crippen molar-refractivity contribution in [1.29, 1.82) is 5.26 Å². The van der Waals surface area contributed by atoms with Gasteiger partial charge in [-0.3, -0.25) is 15.4 Å². The highest BCUT2D eigenvalue weighted by Crippen LogP contribution is 2.31. The summed E-state index contributed by atoms with van der Waals surface area (Å²) in [4.78, 5) is 35.6. The number of imide groups is 2. The number of carbonyl (C=O) groups excluding carboxylic acids is 3. The smallest absolute Gasteiger partial charge is 0.329 e. The van der Waals surface area contributed by atoms with E-state index in [2.05, 4.69) is 0 Å². The van der Waals surface area contributed by atoms with E-state index in [1.165, 1.54) is 24.3 Å². The van der Waals surface area contributed by atoms with Gasteiger partial charge < -0.3 is 10.1 Å². The van der Waals surface area contributed by atoms with Crippen molar-refractivity contribution in [2.75, 3.05) is 5.32 Å². The molecule has 3 N–H and O–H groups in total. The number of carbonyl (C=O) groups is 3. The number of hydrogen-bond donors (Lipinski definition) is 3. The number of nitrogens with one attached hydrogen (secondary N) is 3. The molecule has 8 nitrogen and oxygen atoms in total. The van der Waals surface area contributed by atoms with Crippen LogP contribution in [0.5, 0.6) is 11.5 Å². The molecule has 172 valence electrons. The van der Waals surface area contributed by atoms with Crippen LogP contribution in [0.3, 0.4) is 0 Å². The lowest BCUT2D eigenvalue weighted by atomic mass is 10.2. The molecule has 5 amide bonds. The van der Waals surface area contributed by atoms with Gasteiger partial charge in [0.2, 0.25) is 0 Å². The van der Waals surface area contributed by atoms with Crippen LogP contribution in [0.15, 0.2) is 54.6 Å². The second kappa shape index (κ2) is 10.4. The minimum atomic E-state index is -1.42. The molecule has 0 aromatic heterocycles. The number of amides is 5. The Kier molecular flexibility index (Phi) is 7.35. The maximum atomic E-state index is 14.4. The fourth-order valence-corrected chi connectivity index (χ4v) is 2.83. The summed E-state index contributed by atoms with van der Waals surface area (Å²) in [5.74, 6) is -4.60. The number of benzene rings is 3. The van der Waals surface area contributed by atoms with Crippen molar-refractivity contribution in [2.24, 2.45) is 0 Å². The SMILES string of the molecule is N#Cc1ccc(Oc2ccc(NC(=O)NC(=O)NC(=O)c3c(F)cccc3F)c(F)c2)c(Cl)c1. The fourth-order valence-electron chi connectivity index (χ4n) is 2.61. The molecule has 3 aromatic carbocycles. The van der Waals surface area contributed by atoms with E-state index < -0.39 is 41.0 Å². The standard InChI is InChI=1S/C22H12ClF3N4O4/c23-13-8-11(10-27)4-7-18(13)34-12-5-6-17(16(26)9-12)28-21(32)30-22(33)29-20(31)19-14(24)2-1-3-15(19)25/h1-9H,(H3,28,29,30,31,32,33). The number of urea groups is 2. The van der Waals surface area contributed by atoms with E-state index >= 15 is 0 Å². The van der Waals surface area contributed by atoms with Crippen molar-refractivity contribution < 1.29 is 32.3 Å². The van der Waals surface area contributed by atoms with Gasteiger partial charge in [-0.2, -0.15) is 5.26 Å². The molecule has 0 aliphatic carbocycles. The summed E-state index contributed by atoms with van der Waals surface area (Å²) in [6.45, 7) is 0. The third kappa shape index (κ3) is 5.81. The Morgan fingerprint density at radius 1 is 0.882 bits per heavy atom. The van der Waals surface area contributed by atoms with Crippen molar-refractivity contribution in [3.05, 3.63) is 88.2 Å². The van der Waals surface area contributed by atoms with E-state index in [-0.39, 0.29) is 22.2 Å². The zero-order chi connectivity index (χ0) is 24.8. The lowest BCUT2D eigenvalue weighted by Gasteiger charge is -2.11. The molecule has 0 saturated carbocycles. The largest absolute Gasteiger partial charge is 0.456 e. The van der Waals surface area contributed by atoms with Crippen LogP contribution in [-0.4, -0.2) is 18.0 Å². The molecule has 3 aromatic rings. The first-order valence-electron chi connectivity index (χ1n) is 9.22. The Bertz CT molecular complexity index is 1320. The van der Waals surface area contributed by atoms with Gasteiger partial charge in [0.15, 0.2) is 0 Å². The number of rotatable bonds is 4. The number of anilines is 1. The van der Waals surface area contributed by atoms with Crippen LogP contribution in [0.25, 0.3) is 0 Å². The molecule has 0 radical (unpaired) electrons. The van der Waals surface area contributed by atoms with E-state index in [1.54, 1.807) is 10.6 Å². The maximum Gasteiger partial charge on any atom is 0.329 e. The third-order valence-corrected chi connectivity index (χ3v) is 4.42. The van der Waals surface area contributed by atoms with Crippen LogP contribution in [0, 0.1) is 28.8 Å². The van der Waals surface area contributed by atoms with E-state index in [0.29, 0.717) is 5.56 Å². The lowest BCUT2D eigenvalue weighted by molar-refractivity contribution is 0.0956. The summed E-state index contributed by atoms with van der Waals surface area (Å²) < 4.78 is 47.0. The molecule has 0 atom stereocenters. The van der Waals surface area contributed by atoms with Crippen molar-refractivity contribution in [3.8, 4) is 17.6 Å². The minimum absolute atomic E-state index is 0.0188. The van der Waals surface area contributed by atoms with Crippen molar-refractivity contribution >= 4 is 35.3 Å². The Morgan fingerprint density at radius 3 is 2.21 bits per heavy atom. The second-order valence-electron chi connectivity index (χ2n) is 6.46. The van der Waals surface area contributed by atoms with Gasteiger partial charge in [0.25, 0.3) is 5.91 Å². The van der Waals surface area contributed by atoms with Gasteiger partial charge in [-0.15, -0.1) is 0 Å². The van der Waals surface area contributed by atoms with Gasteiger partial charge in [-0.25, -0.2) is 22.8 Å². The number of halogens is 4. The molecule has 0 aliphatic heterocycles. The number of hydrogen-bond acceptors (Lipinski definition) is 5. The molecule has 34 heavy (non-hydrogen) atoms. The Morgan fingerprint density at radius 2 is 1.59 bits per heavy atom. The lowest BCUT2D eigenvalue weighted by Crippen LogP contribution is -2.44. The second-order valence-corrected chi connectivity index (χ2v) is 6.87. The molecule has 0 bridgehead atoms.